The maximum absolute atomic E-state index is 13.6. The number of nitrogens with one attached hydrogen (secondary N) is 1. The Labute approximate surface area is 195 Å². The van der Waals surface area contributed by atoms with Crippen molar-refractivity contribution in [3.05, 3.63) is 89.2 Å². The second kappa shape index (κ2) is 9.94. The first kappa shape index (κ1) is 22.6. The van der Waals surface area contributed by atoms with Crippen LogP contribution in [0.15, 0.2) is 66.9 Å². The van der Waals surface area contributed by atoms with Crippen LogP contribution in [-0.4, -0.2) is 45.9 Å². The fourth-order valence-corrected chi connectivity index (χ4v) is 4.61. The van der Waals surface area contributed by atoms with E-state index in [1.165, 1.54) is 0 Å². The lowest BCUT2D eigenvalue weighted by molar-refractivity contribution is -0.134. The van der Waals surface area contributed by atoms with Gasteiger partial charge in [0.05, 0.1) is 6.04 Å². The van der Waals surface area contributed by atoms with E-state index < -0.39 is 0 Å². The quantitative estimate of drug-likeness (QED) is 0.583. The molecule has 2 aromatic carbocycles. The predicted octanol–water partition coefficient (Wildman–Crippen LogP) is 4.98. The average Bonchev–Trinajstić information content (AvgIpc) is 3.30. The molecule has 1 aliphatic rings. The number of carbonyl (C=O) groups is 2. The van der Waals surface area contributed by atoms with Crippen LogP contribution >= 0.6 is 0 Å². The molecule has 6 nitrogen and oxygen atoms in total. The zero-order valence-electron chi connectivity index (χ0n) is 19.6. The highest BCUT2D eigenvalue weighted by Crippen LogP contribution is 2.32. The van der Waals surface area contributed by atoms with Crippen LogP contribution in [0.2, 0.25) is 0 Å². The van der Waals surface area contributed by atoms with Crippen molar-refractivity contribution in [1.82, 2.24) is 14.4 Å². The highest BCUT2D eigenvalue weighted by atomic mass is 16.2. The molecule has 0 aliphatic carbocycles. The lowest BCUT2D eigenvalue weighted by atomic mass is 10.00. The van der Waals surface area contributed by atoms with E-state index in [4.69, 9.17) is 0 Å². The maximum Gasteiger partial charge on any atom is 0.322 e. The Morgan fingerprint density at radius 3 is 2.39 bits per heavy atom. The van der Waals surface area contributed by atoms with Crippen molar-refractivity contribution >= 4 is 17.6 Å². The number of anilines is 1. The first-order valence-corrected chi connectivity index (χ1v) is 11.6. The van der Waals surface area contributed by atoms with Crippen LogP contribution in [0.4, 0.5) is 10.5 Å². The Morgan fingerprint density at radius 1 is 0.970 bits per heavy atom. The van der Waals surface area contributed by atoms with Gasteiger partial charge in [0.15, 0.2) is 0 Å². The zero-order valence-corrected chi connectivity index (χ0v) is 19.6. The topological polar surface area (TPSA) is 57.6 Å². The van der Waals surface area contributed by atoms with Crippen molar-refractivity contribution in [3.8, 4) is 0 Å². The van der Waals surface area contributed by atoms with Gasteiger partial charge in [0.25, 0.3) is 0 Å². The minimum Gasteiger partial charge on any atom is -0.348 e. The van der Waals surface area contributed by atoms with E-state index in [1.807, 2.05) is 68.1 Å². The van der Waals surface area contributed by atoms with Crippen LogP contribution in [-0.2, 0) is 11.3 Å². The molecule has 172 valence electrons. The molecule has 0 fully saturated rings. The number of para-hydroxylation sites is 1. The summed E-state index contributed by atoms with van der Waals surface area (Å²) in [5.41, 5.74) is 5.00. The fraction of sp³-hybridized carbons (Fsp3) is 0.333. The van der Waals surface area contributed by atoms with Crippen molar-refractivity contribution in [2.75, 3.05) is 25.0 Å². The molecular weight excluding hydrogens is 412 g/mol. The number of fused-ring (bicyclic) bond motifs is 1. The minimum absolute atomic E-state index is 0.0404. The largest absolute Gasteiger partial charge is 0.348 e. The van der Waals surface area contributed by atoms with Gasteiger partial charge in [-0.15, -0.1) is 0 Å². The van der Waals surface area contributed by atoms with E-state index >= 15 is 0 Å². The third-order valence-electron chi connectivity index (χ3n) is 6.29. The summed E-state index contributed by atoms with van der Waals surface area (Å²) in [4.78, 5) is 30.3. The molecule has 0 spiro atoms. The molecule has 1 N–H and O–H groups in total. The summed E-state index contributed by atoms with van der Waals surface area (Å²) in [7, 11) is 0. The van der Waals surface area contributed by atoms with Gasteiger partial charge in [-0.25, -0.2) is 4.79 Å². The molecule has 4 rings (SSSR count). The summed E-state index contributed by atoms with van der Waals surface area (Å²) < 4.78 is 2.21. The molecule has 0 bridgehead atoms. The van der Waals surface area contributed by atoms with Crippen molar-refractivity contribution in [3.63, 3.8) is 0 Å². The van der Waals surface area contributed by atoms with Gasteiger partial charge >= 0.3 is 6.03 Å². The predicted molar refractivity (Wildman–Crippen MR) is 131 cm³/mol. The third-order valence-corrected chi connectivity index (χ3v) is 6.29. The number of carbonyl (C=O) groups excluding carboxylic acids is 2. The van der Waals surface area contributed by atoms with E-state index in [1.54, 1.807) is 4.90 Å². The van der Waals surface area contributed by atoms with E-state index in [9.17, 15) is 9.59 Å². The van der Waals surface area contributed by atoms with Gasteiger partial charge in [0.2, 0.25) is 5.91 Å². The Morgan fingerprint density at radius 2 is 1.70 bits per heavy atom. The number of urea groups is 1. The van der Waals surface area contributed by atoms with Crippen molar-refractivity contribution < 1.29 is 9.59 Å². The second-order valence-electron chi connectivity index (χ2n) is 8.65. The molecule has 6 heteroatoms. The molecular formula is C27H32N4O2. The van der Waals surface area contributed by atoms with Crippen LogP contribution in [0, 0.1) is 13.8 Å². The molecule has 0 saturated heterocycles. The molecule has 1 atom stereocenters. The van der Waals surface area contributed by atoms with Crippen molar-refractivity contribution in [2.45, 2.75) is 39.8 Å². The third kappa shape index (κ3) is 4.80. The monoisotopic (exact) mass is 444 g/mol. The molecule has 3 amide bonds. The molecule has 0 radical (unpaired) electrons. The standard InChI is InChI=1S/C27H32N4O2/c1-4-15-30(27(33)28-25-20(2)10-8-11-21(25)3)19-24(32)31-18-17-29-16-9-14-23(29)26(31)22-12-6-5-7-13-22/h5-14,16,26H,4,15,17-19H2,1-3H3,(H,28,33). The number of aromatic nitrogens is 1. The van der Waals surface area contributed by atoms with Crippen LogP contribution in [0.1, 0.15) is 41.8 Å². The fourth-order valence-electron chi connectivity index (χ4n) is 4.61. The van der Waals surface area contributed by atoms with Crippen LogP contribution in [0.3, 0.4) is 0 Å². The van der Waals surface area contributed by atoms with E-state index in [-0.39, 0.29) is 24.5 Å². The lowest BCUT2D eigenvalue weighted by Gasteiger charge is -2.38. The Kier molecular flexibility index (Phi) is 6.82. The SMILES string of the molecule is CCCN(CC(=O)N1CCn2cccc2C1c1ccccc1)C(=O)Nc1c(C)cccc1C. The van der Waals surface area contributed by atoms with Crippen LogP contribution < -0.4 is 5.32 Å². The lowest BCUT2D eigenvalue weighted by Crippen LogP contribution is -2.49. The minimum atomic E-state index is -0.237. The number of amides is 3. The first-order valence-electron chi connectivity index (χ1n) is 11.6. The highest BCUT2D eigenvalue weighted by Gasteiger charge is 2.33. The van der Waals surface area contributed by atoms with Crippen LogP contribution in [0.25, 0.3) is 0 Å². The van der Waals surface area contributed by atoms with E-state index in [0.717, 1.165) is 41.0 Å². The second-order valence-corrected chi connectivity index (χ2v) is 8.65. The van der Waals surface area contributed by atoms with Gasteiger partial charge < -0.3 is 19.7 Å². The Hall–Kier alpha value is -3.54. The van der Waals surface area contributed by atoms with Gasteiger partial charge in [-0.3, -0.25) is 4.79 Å². The summed E-state index contributed by atoms with van der Waals surface area (Å²) in [6.45, 7) is 7.90. The maximum atomic E-state index is 13.6. The van der Waals surface area contributed by atoms with Gasteiger partial charge in [0, 0.05) is 37.2 Å². The number of aryl methyl sites for hydroxylation is 2. The number of benzene rings is 2. The smallest absolute Gasteiger partial charge is 0.322 e. The zero-order chi connectivity index (χ0) is 23.4. The number of hydrogen-bond donors (Lipinski definition) is 1. The highest BCUT2D eigenvalue weighted by molar-refractivity contribution is 5.93. The van der Waals surface area contributed by atoms with Crippen molar-refractivity contribution in [1.29, 1.82) is 0 Å². The molecule has 33 heavy (non-hydrogen) atoms. The van der Waals surface area contributed by atoms with Gasteiger partial charge in [-0.05, 0) is 49.1 Å². The van der Waals surface area contributed by atoms with Gasteiger partial charge in [0.1, 0.15) is 6.54 Å². The summed E-state index contributed by atoms with van der Waals surface area (Å²) in [5.74, 6) is -0.0404. The van der Waals surface area contributed by atoms with E-state index in [2.05, 4.69) is 34.3 Å². The number of rotatable bonds is 6. The Bertz CT molecular complexity index is 1100. The number of hydrogen-bond acceptors (Lipinski definition) is 2. The number of nitrogens with zero attached hydrogens (tertiary/aromatic N) is 3. The summed E-state index contributed by atoms with van der Waals surface area (Å²) >= 11 is 0. The average molecular weight is 445 g/mol. The van der Waals surface area contributed by atoms with Gasteiger partial charge in [-0.1, -0.05) is 55.5 Å². The van der Waals surface area contributed by atoms with Gasteiger partial charge in [-0.2, -0.15) is 0 Å². The first-order chi connectivity index (χ1) is 16.0. The molecule has 2 heterocycles. The summed E-state index contributed by atoms with van der Waals surface area (Å²) in [6.07, 6.45) is 2.84. The molecule has 0 saturated carbocycles. The molecule has 1 unspecified atom stereocenters. The molecule has 1 aromatic heterocycles. The summed E-state index contributed by atoms with van der Waals surface area (Å²) in [5, 5.41) is 3.04. The van der Waals surface area contributed by atoms with Crippen molar-refractivity contribution in [2.24, 2.45) is 0 Å². The molecule has 1 aliphatic heterocycles. The van der Waals surface area contributed by atoms with Crippen LogP contribution in [0.5, 0.6) is 0 Å². The molecule has 3 aromatic rings. The normalized spacial score (nSPS) is 15.1. The summed E-state index contributed by atoms with van der Waals surface area (Å²) in [6, 6.07) is 19.7. The Balaban J connectivity index is 1.56. The van der Waals surface area contributed by atoms with E-state index in [0.29, 0.717) is 13.1 Å².